The van der Waals surface area contributed by atoms with Crippen LogP contribution >= 0.6 is 15.9 Å². The Bertz CT molecular complexity index is 445. The highest BCUT2D eigenvalue weighted by Gasteiger charge is 2.09. The number of ether oxygens (including phenoxy) is 1. The molecule has 21 heavy (non-hydrogen) atoms. The number of hydrogen-bond acceptors (Lipinski definition) is 2. The summed E-state index contributed by atoms with van der Waals surface area (Å²) in [6.07, 6.45) is 4.35. The van der Waals surface area contributed by atoms with E-state index in [0.717, 1.165) is 36.5 Å². The van der Waals surface area contributed by atoms with Crippen LogP contribution in [0.4, 0.5) is 0 Å². The minimum Gasteiger partial charge on any atom is -0.380 e. The van der Waals surface area contributed by atoms with E-state index in [9.17, 15) is 0 Å². The van der Waals surface area contributed by atoms with E-state index < -0.39 is 0 Å². The van der Waals surface area contributed by atoms with Crippen LogP contribution < -0.4 is 5.32 Å². The van der Waals surface area contributed by atoms with Crippen molar-refractivity contribution in [3.63, 3.8) is 0 Å². The van der Waals surface area contributed by atoms with Crippen molar-refractivity contribution >= 4 is 21.9 Å². The molecule has 0 spiro atoms. The number of guanidine groups is 1. The fraction of sp³-hybridized carbons (Fsp3) is 0.667. The Kier molecular flexibility index (Phi) is 8.45. The van der Waals surface area contributed by atoms with E-state index in [4.69, 9.17) is 4.74 Å². The second kappa shape index (κ2) is 9.84. The van der Waals surface area contributed by atoms with Gasteiger partial charge in [0.1, 0.15) is 0 Å². The third-order valence-electron chi connectivity index (χ3n) is 3.22. The number of halogens is 1. The van der Waals surface area contributed by atoms with Gasteiger partial charge in [0, 0.05) is 50.7 Å². The van der Waals surface area contributed by atoms with Gasteiger partial charge in [-0.1, -0.05) is 13.3 Å². The number of aliphatic imine (C=N–C) groups is 1. The van der Waals surface area contributed by atoms with Crippen molar-refractivity contribution in [2.75, 3.05) is 33.9 Å². The van der Waals surface area contributed by atoms with Crippen molar-refractivity contribution in [3.05, 3.63) is 22.4 Å². The van der Waals surface area contributed by atoms with Crippen LogP contribution in [0.1, 0.15) is 25.5 Å². The van der Waals surface area contributed by atoms with E-state index in [2.05, 4.69) is 54.9 Å². The average Bonchev–Trinajstić information content (AvgIpc) is 2.76. The first-order chi connectivity index (χ1) is 10.1. The number of nitrogens with one attached hydrogen (secondary N) is 1. The highest BCUT2D eigenvalue weighted by molar-refractivity contribution is 9.10. The molecule has 0 atom stereocenters. The molecule has 0 radical (unpaired) electrons. The molecular weight excluding hydrogens is 332 g/mol. The highest BCUT2D eigenvalue weighted by atomic mass is 79.9. The Labute approximate surface area is 136 Å². The molecular formula is C15H27BrN4O. The zero-order valence-electron chi connectivity index (χ0n) is 13.5. The molecule has 0 amide bonds. The van der Waals surface area contributed by atoms with E-state index >= 15 is 0 Å². The fourth-order valence-corrected chi connectivity index (χ4v) is 2.58. The molecule has 0 aliphatic heterocycles. The molecule has 0 aliphatic carbocycles. The highest BCUT2D eigenvalue weighted by Crippen LogP contribution is 2.14. The summed E-state index contributed by atoms with van der Waals surface area (Å²) in [7, 11) is 5.89. The Balaban J connectivity index is 2.36. The maximum absolute atomic E-state index is 5.54. The molecule has 1 N–H and O–H groups in total. The smallest absolute Gasteiger partial charge is 0.193 e. The molecule has 6 heteroatoms. The topological polar surface area (TPSA) is 41.8 Å². The predicted molar refractivity (Wildman–Crippen MR) is 91.7 cm³/mol. The maximum atomic E-state index is 5.54. The van der Waals surface area contributed by atoms with Crippen molar-refractivity contribution in [1.82, 2.24) is 14.8 Å². The standard InChI is InChI=1S/C15H27BrN4O/c1-5-6-8-21-9-7-18-15(17-2)20(4)12-14-10-13(16)11-19(14)3/h10-11H,5-9,12H2,1-4H3,(H,17,18). The van der Waals surface area contributed by atoms with E-state index in [0.29, 0.717) is 6.61 Å². The molecule has 0 aliphatic rings. The Hall–Kier alpha value is -1.01. The number of rotatable bonds is 8. The van der Waals surface area contributed by atoms with Gasteiger partial charge in [-0.15, -0.1) is 0 Å². The minimum absolute atomic E-state index is 0.711. The molecule has 0 unspecified atom stereocenters. The molecule has 5 nitrogen and oxygen atoms in total. The van der Waals surface area contributed by atoms with Crippen LogP contribution in [-0.2, 0) is 18.3 Å². The predicted octanol–water partition coefficient (Wildman–Crippen LogP) is 2.61. The lowest BCUT2D eigenvalue weighted by molar-refractivity contribution is 0.135. The summed E-state index contributed by atoms with van der Waals surface area (Å²) in [4.78, 5) is 6.41. The first kappa shape index (κ1) is 18.0. The molecule has 0 saturated carbocycles. The van der Waals surface area contributed by atoms with Gasteiger partial charge in [0.05, 0.1) is 13.2 Å². The van der Waals surface area contributed by atoms with Gasteiger partial charge in [0.2, 0.25) is 0 Å². The Morgan fingerprint density at radius 2 is 2.24 bits per heavy atom. The summed E-state index contributed by atoms with van der Waals surface area (Å²) in [6.45, 7) is 5.29. The van der Waals surface area contributed by atoms with E-state index in [1.165, 1.54) is 12.1 Å². The van der Waals surface area contributed by atoms with Crippen molar-refractivity contribution in [3.8, 4) is 0 Å². The van der Waals surface area contributed by atoms with Crippen molar-refractivity contribution < 1.29 is 4.74 Å². The zero-order chi connectivity index (χ0) is 15.7. The minimum atomic E-state index is 0.711. The van der Waals surface area contributed by atoms with Crippen molar-refractivity contribution in [2.24, 2.45) is 12.0 Å². The maximum Gasteiger partial charge on any atom is 0.193 e. The summed E-state index contributed by atoms with van der Waals surface area (Å²) in [5.41, 5.74) is 1.23. The number of aromatic nitrogens is 1. The monoisotopic (exact) mass is 358 g/mol. The Morgan fingerprint density at radius 3 is 2.81 bits per heavy atom. The molecule has 0 fully saturated rings. The summed E-state index contributed by atoms with van der Waals surface area (Å²) in [5, 5.41) is 3.32. The third kappa shape index (κ3) is 6.52. The van der Waals surface area contributed by atoms with E-state index in [-0.39, 0.29) is 0 Å². The van der Waals surface area contributed by atoms with Crippen LogP contribution in [0.3, 0.4) is 0 Å². The largest absolute Gasteiger partial charge is 0.380 e. The molecule has 120 valence electrons. The van der Waals surface area contributed by atoms with E-state index in [1.807, 2.05) is 14.1 Å². The molecule has 1 rings (SSSR count). The number of hydrogen-bond donors (Lipinski definition) is 1. The van der Waals surface area contributed by atoms with Gasteiger partial charge in [0.25, 0.3) is 0 Å². The molecule has 1 aromatic rings. The van der Waals surface area contributed by atoms with Gasteiger partial charge in [0.15, 0.2) is 5.96 Å². The SMILES string of the molecule is CCCCOCCNC(=NC)N(C)Cc1cc(Br)cn1C. The van der Waals surface area contributed by atoms with Gasteiger partial charge >= 0.3 is 0 Å². The first-order valence-electron chi connectivity index (χ1n) is 7.38. The lowest BCUT2D eigenvalue weighted by Crippen LogP contribution is -2.40. The van der Waals surface area contributed by atoms with Crippen LogP contribution in [-0.4, -0.2) is 49.3 Å². The van der Waals surface area contributed by atoms with Crippen molar-refractivity contribution in [1.29, 1.82) is 0 Å². The third-order valence-corrected chi connectivity index (χ3v) is 3.65. The lowest BCUT2D eigenvalue weighted by Gasteiger charge is -2.22. The van der Waals surface area contributed by atoms with Gasteiger partial charge in [-0.2, -0.15) is 0 Å². The van der Waals surface area contributed by atoms with Crippen molar-refractivity contribution in [2.45, 2.75) is 26.3 Å². The fourth-order valence-electron chi connectivity index (χ4n) is 2.01. The second-order valence-electron chi connectivity index (χ2n) is 5.06. The van der Waals surface area contributed by atoms with E-state index in [1.54, 1.807) is 7.05 Å². The number of aryl methyl sites for hydroxylation is 1. The summed E-state index contributed by atoms with van der Waals surface area (Å²) in [6, 6.07) is 2.12. The van der Waals surface area contributed by atoms with Crippen LogP contribution in [0.5, 0.6) is 0 Å². The lowest BCUT2D eigenvalue weighted by atomic mass is 10.4. The Morgan fingerprint density at radius 1 is 1.48 bits per heavy atom. The molecule has 0 saturated heterocycles. The summed E-state index contributed by atoms with van der Waals surface area (Å²) >= 11 is 3.50. The second-order valence-corrected chi connectivity index (χ2v) is 5.97. The molecule has 0 bridgehead atoms. The zero-order valence-corrected chi connectivity index (χ0v) is 15.1. The molecule has 0 aromatic carbocycles. The van der Waals surface area contributed by atoms with Crippen LogP contribution in [0.25, 0.3) is 0 Å². The average molecular weight is 359 g/mol. The van der Waals surface area contributed by atoms with Crippen LogP contribution in [0, 0.1) is 0 Å². The number of unbranched alkanes of at least 4 members (excludes halogenated alkanes) is 1. The molecule has 1 aromatic heterocycles. The quantitative estimate of drug-likeness (QED) is 0.441. The van der Waals surface area contributed by atoms with Gasteiger partial charge in [-0.3, -0.25) is 4.99 Å². The number of nitrogens with zero attached hydrogens (tertiary/aromatic N) is 3. The summed E-state index contributed by atoms with van der Waals surface area (Å²) in [5.74, 6) is 0.881. The normalized spacial score (nSPS) is 11.8. The van der Waals surface area contributed by atoms with Gasteiger partial charge < -0.3 is 19.5 Å². The van der Waals surface area contributed by atoms with Gasteiger partial charge in [-0.05, 0) is 28.4 Å². The van der Waals surface area contributed by atoms with Gasteiger partial charge in [-0.25, -0.2) is 0 Å². The van der Waals surface area contributed by atoms with Crippen LogP contribution in [0.2, 0.25) is 0 Å². The molecule has 1 heterocycles. The van der Waals surface area contributed by atoms with Crippen LogP contribution in [0.15, 0.2) is 21.7 Å². The summed E-state index contributed by atoms with van der Waals surface area (Å²) < 4.78 is 8.75. The first-order valence-corrected chi connectivity index (χ1v) is 8.18.